The molecule has 2 aromatic carbocycles. The summed E-state index contributed by atoms with van der Waals surface area (Å²) in [5, 5.41) is 2.60. The Balaban J connectivity index is 2.73. The lowest BCUT2D eigenvalue weighted by Crippen LogP contribution is -1.80. The summed E-state index contributed by atoms with van der Waals surface area (Å²) in [4.78, 5) is 1.35. The van der Waals surface area contributed by atoms with Crippen LogP contribution in [-0.4, -0.2) is 6.26 Å². The Labute approximate surface area is 110 Å². The molecule has 0 spiro atoms. The summed E-state index contributed by atoms with van der Waals surface area (Å²) < 4.78 is 2.46. The van der Waals surface area contributed by atoms with Crippen LogP contribution in [0.1, 0.15) is 0 Å². The van der Waals surface area contributed by atoms with Crippen molar-refractivity contribution in [2.45, 2.75) is 4.90 Å². The maximum Gasteiger partial charge on any atom is 0.0272 e. The van der Waals surface area contributed by atoms with Gasteiger partial charge in [0.1, 0.15) is 0 Å². The van der Waals surface area contributed by atoms with Crippen LogP contribution in [0.4, 0.5) is 0 Å². The molecule has 72 valence electrons. The van der Waals surface area contributed by atoms with Crippen LogP contribution in [0.25, 0.3) is 10.8 Å². The quantitative estimate of drug-likeness (QED) is 0.500. The Bertz CT molecular complexity index is 482. The lowest BCUT2D eigenvalue weighted by molar-refractivity contribution is 1.45. The molecule has 2 aromatic rings. The van der Waals surface area contributed by atoms with Crippen molar-refractivity contribution in [3.63, 3.8) is 0 Å². The van der Waals surface area contributed by atoms with Gasteiger partial charge in [-0.3, -0.25) is 0 Å². The predicted molar refractivity (Wildman–Crippen MR) is 76.1 cm³/mol. The van der Waals surface area contributed by atoms with Crippen molar-refractivity contribution in [2.24, 2.45) is 0 Å². The molecule has 0 bridgehead atoms. The third kappa shape index (κ3) is 2.09. The summed E-state index contributed by atoms with van der Waals surface area (Å²) in [5.74, 6) is 0. The Morgan fingerprint density at radius 3 is 2.64 bits per heavy atom. The molecule has 0 aliphatic heterocycles. The van der Waals surface area contributed by atoms with Crippen LogP contribution in [0.5, 0.6) is 0 Å². The SMILES string of the molecule is CSc1cc2ccc(Br)cc2cc1I. The zero-order chi connectivity index (χ0) is 10.1. The van der Waals surface area contributed by atoms with Crippen molar-refractivity contribution >= 4 is 61.1 Å². The number of hydrogen-bond acceptors (Lipinski definition) is 1. The topological polar surface area (TPSA) is 0 Å². The molecule has 0 fully saturated rings. The number of benzene rings is 2. The Hall–Kier alpha value is 0.260. The third-order valence-electron chi connectivity index (χ3n) is 2.07. The van der Waals surface area contributed by atoms with E-state index in [0.717, 1.165) is 4.47 Å². The lowest BCUT2D eigenvalue weighted by Gasteiger charge is -2.04. The van der Waals surface area contributed by atoms with E-state index in [-0.39, 0.29) is 0 Å². The van der Waals surface area contributed by atoms with E-state index in [4.69, 9.17) is 0 Å². The molecule has 0 heterocycles. The molecule has 0 atom stereocenters. The average molecular weight is 379 g/mol. The zero-order valence-electron chi connectivity index (χ0n) is 7.55. The van der Waals surface area contributed by atoms with Crippen molar-refractivity contribution in [1.29, 1.82) is 0 Å². The standard InChI is InChI=1S/C11H8BrIS/c1-14-11-6-7-2-3-9(12)4-8(7)5-10(11)13/h2-6H,1H3. The minimum atomic E-state index is 1.14. The first-order valence-corrected chi connectivity index (χ1v) is 7.23. The van der Waals surface area contributed by atoms with Crippen molar-refractivity contribution in [3.05, 3.63) is 38.4 Å². The van der Waals surface area contributed by atoms with E-state index in [1.165, 1.54) is 19.2 Å². The molecule has 0 unspecified atom stereocenters. The van der Waals surface area contributed by atoms with Crippen molar-refractivity contribution in [3.8, 4) is 0 Å². The van der Waals surface area contributed by atoms with E-state index in [9.17, 15) is 0 Å². The second kappa shape index (κ2) is 4.41. The van der Waals surface area contributed by atoms with Crippen LogP contribution in [0.3, 0.4) is 0 Å². The molecular formula is C11H8BrIS. The third-order valence-corrected chi connectivity index (χ3v) is 4.60. The summed E-state index contributed by atoms with van der Waals surface area (Å²) in [7, 11) is 0. The van der Waals surface area contributed by atoms with Gasteiger partial charge in [-0.2, -0.15) is 0 Å². The van der Waals surface area contributed by atoms with Gasteiger partial charge in [0.25, 0.3) is 0 Å². The number of fused-ring (bicyclic) bond motifs is 1. The van der Waals surface area contributed by atoms with Gasteiger partial charge in [0.2, 0.25) is 0 Å². The van der Waals surface area contributed by atoms with Crippen molar-refractivity contribution in [1.82, 2.24) is 0 Å². The van der Waals surface area contributed by atoms with E-state index in [2.05, 4.69) is 75.1 Å². The fraction of sp³-hybridized carbons (Fsp3) is 0.0909. The average Bonchev–Trinajstić information content (AvgIpc) is 2.16. The molecule has 0 aliphatic carbocycles. The fourth-order valence-corrected chi connectivity index (χ4v) is 3.41. The van der Waals surface area contributed by atoms with E-state index in [0.29, 0.717) is 0 Å². The largest absolute Gasteiger partial charge is 0.128 e. The molecule has 0 aromatic heterocycles. The number of rotatable bonds is 1. The minimum Gasteiger partial charge on any atom is -0.128 e. The van der Waals surface area contributed by atoms with Crippen molar-refractivity contribution < 1.29 is 0 Å². The lowest BCUT2D eigenvalue weighted by atomic mass is 10.1. The van der Waals surface area contributed by atoms with E-state index in [1.807, 2.05) is 0 Å². The Morgan fingerprint density at radius 1 is 1.14 bits per heavy atom. The molecule has 0 radical (unpaired) electrons. The van der Waals surface area contributed by atoms with Gasteiger partial charge in [0.05, 0.1) is 0 Å². The number of halogens is 2. The maximum absolute atomic E-state index is 3.48. The second-order valence-electron chi connectivity index (χ2n) is 2.98. The molecule has 0 aliphatic rings. The van der Waals surface area contributed by atoms with Gasteiger partial charge >= 0.3 is 0 Å². The summed E-state index contributed by atoms with van der Waals surface area (Å²) >= 11 is 7.66. The van der Waals surface area contributed by atoms with Gasteiger partial charge in [-0.1, -0.05) is 22.0 Å². The maximum atomic E-state index is 3.48. The van der Waals surface area contributed by atoms with Gasteiger partial charge in [-0.05, 0) is 63.9 Å². The van der Waals surface area contributed by atoms with Gasteiger partial charge in [0.15, 0.2) is 0 Å². The highest BCUT2D eigenvalue weighted by Crippen LogP contribution is 2.29. The highest BCUT2D eigenvalue weighted by Gasteiger charge is 2.01. The molecule has 0 amide bonds. The van der Waals surface area contributed by atoms with Crippen LogP contribution in [0.15, 0.2) is 39.7 Å². The highest BCUT2D eigenvalue weighted by molar-refractivity contribution is 14.1. The minimum absolute atomic E-state index is 1.14. The monoisotopic (exact) mass is 378 g/mol. The molecule has 0 saturated heterocycles. The van der Waals surface area contributed by atoms with Crippen LogP contribution in [0.2, 0.25) is 0 Å². The van der Waals surface area contributed by atoms with E-state index >= 15 is 0 Å². The number of hydrogen-bond donors (Lipinski definition) is 0. The molecule has 3 heteroatoms. The van der Waals surface area contributed by atoms with Crippen LogP contribution in [-0.2, 0) is 0 Å². The molecule has 0 N–H and O–H groups in total. The second-order valence-corrected chi connectivity index (χ2v) is 5.90. The fourth-order valence-electron chi connectivity index (χ4n) is 1.38. The van der Waals surface area contributed by atoms with Gasteiger partial charge in [-0.15, -0.1) is 11.8 Å². The molecule has 0 nitrogen and oxygen atoms in total. The first-order valence-electron chi connectivity index (χ1n) is 4.13. The summed E-state index contributed by atoms with van der Waals surface area (Å²) in [6.07, 6.45) is 2.11. The molecule has 2 rings (SSSR count). The molecular weight excluding hydrogens is 371 g/mol. The Morgan fingerprint density at radius 2 is 1.93 bits per heavy atom. The zero-order valence-corrected chi connectivity index (χ0v) is 12.1. The smallest absolute Gasteiger partial charge is 0.0272 e. The van der Waals surface area contributed by atoms with E-state index < -0.39 is 0 Å². The van der Waals surface area contributed by atoms with Gasteiger partial charge < -0.3 is 0 Å². The summed E-state index contributed by atoms with van der Waals surface area (Å²) in [5.41, 5.74) is 0. The van der Waals surface area contributed by atoms with Crippen LogP contribution in [0, 0.1) is 3.57 Å². The molecule has 14 heavy (non-hydrogen) atoms. The van der Waals surface area contributed by atoms with Crippen LogP contribution >= 0.6 is 50.3 Å². The Kier molecular flexibility index (Phi) is 3.39. The first-order chi connectivity index (χ1) is 6.70. The summed E-state index contributed by atoms with van der Waals surface area (Å²) in [6.45, 7) is 0. The molecule has 0 saturated carbocycles. The van der Waals surface area contributed by atoms with Gasteiger partial charge in [0, 0.05) is 12.9 Å². The first kappa shape index (κ1) is 10.8. The van der Waals surface area contributed by atoms with E-state index in [1.54, 1.807) is 11.8 Å². The highest BCUT2D eigenvalue weighted by atomic mass is 127. The normalized spacial score (nSPS) is 10.8. The number of thioether (sulfide) groups is 1. The predicted octanol–water partition coefficient (Wildman–Crippen LogP) is 4.93. The van der Waals surface area contributed by atoms with Crippen LogP contribution < -0.4 is 0 Å². The van der Waals surface area contributed by atoms with Gasteiger partial charge in [-0.25, -0.2) is 0 Å². The van der Waals surface area contributed by atoms with Crippen molar-refractivity contribution in [2.75, 3.05) is 6.26 Å². The summed E-state index contributed by atoms with van der Waals surface area (Å²) in [6, 6.07) is 10.9.